The SMILES string of the molecule is CC(C)Cc1ccc(OS(=O)(=O)C(F)(F)F)cc1. The third-order valence-corrected chi connectivity index (χ3v) is 3.04. The first-order valence-corrected chi connectivity index (χ1v) is 6.62. The van der Waals surface area contributed by atoms with Crippen molar-refractivity contribution in [1.29, 1.82) is 0 Å². The van der Waals surface area contributed by atoms with Crippen molar-refractivity contribution in [3.05, 3.63) is 29.8 Å². The zero-order chi connectivity index (χ0) is 14.0. The summed E-state index contributed by atoms with van der Waals surface area (Å²) in [4.78, 5) is 0. The van der Waals surface area contributed by atoms with E-state index >= 15 is 0 Å². The summed E-state index contributed by atoms with van der Waals surface area (Å²) in [6, 6.07) is 5.50. The molecule has 102 valence electrons. The van der Waals surface area contributed by atoms with E-state index in [9.17, 15) is 21.6 Å². The van der Waals surface area contributed by atoms with E-state index in [-0.39, 0.29) is 5.75 Å². The Labute approximate surface area is 104 Å². The molecular formula is C11H13F3O3S. The van der Waals surface area contributed by atoms with Crippen LogP contribution in [0.2, 0.25) is 0 Å². The molecular weight excluding hydrogens is 269 g/mol. The van der Waals surface area contributed by atoms with Crippen molar-refractivity contribution in [3.63, 3.8) is 0 Å². The van der Waals surface area contributed by atoms with Crippen LogP contribution >= 0.6 is 0 Å². The van der Waals surface area contributed by atoms with Gasteiger partial charge in [0, 0.05) is 0 Å². The summed E-state index contributed by atoms with van der Waals surface area (Å²) in [5.41, 5.74) is -4.51. The molecule has 0 fully saturated rings. The van der Waals surface area contributed by atoms with Crippen molar-refractivity contribution in [2.45, 2.75) is 25.8 Å². The van der Waals surface area contributed by atoms with Gasteiger partial charge in [0.1, 0.15) is 5.75 Å². The highest BCUT2D eigenvalue weighted by Crippen LogP contribution is 2.27. The second-order valence-corrected chi connectivity index (χ2v) is 5.76. The van der Waals surface area contributed by atoms with Crippen molar-refractivity contribution >= 4 is 10.1 Å². The standard InChI is InChI=1S/C11H13F3O3S/c1-8(2)7-9-3-5-10(6-4-9)17-18(15,16)11(12,13)14/h3-6,8H,7H2,1-2H3. The highest BCUT2D eigenvalue weighted by atomic mass is 32.2. The molecule has 18 heavy (non-hydrogen) atoms. The number of halogens is 3. The molecule has 0 aromatic heterocycles. The summed E-state index contributed by atoms with van der Waals surface area (Å²) in [5.74, 6) is 0.0514. The first-order chi connectivity index (χ1) is 8.12. The maximum atomic E-state index is 12.1. The van der Waals surface area contributed by atoms with Gasteiger partial charge in [-0.3, -0.25) is 0 Å². The molecule has 0 amide bonds. The Kier molecular flexibility index (Phi) is 4.26. The van der Waals surface area contributed by atoms with Crippen LogP contribution < -0.4 is 4.18 Å². The number of alkyl halides is 3. The molecule has 0 aliphatic carbocycles. The van der Waals surface area contributed by atoms with Crippen molar-refractivity contribution in [2.24, 2.45) is 5.92 Å². The molecule has 1 aromatic carbocycles. The van der Waals surface area contributed by atoms with E-state index in [0.29, 0.717) is 5.92 Å². The first-order valence-electron chi connectivity index (χ1n) is 5.21. The minimum Gasteiger partial charge on any atom is -0.376 e. The molecule has 3 nitrogen and oxygen atoms in total. The second kappa shape index (κ2) is 5.17. The molecule has 0 atom stereocenters. The lowest BCUT2D eigenvalue weighted by molar-refractivity contribution is -0.0500. The van der Waals surface area contributed by atoms with Gasteiger partial charge in [-0.2, -0.15) is 21.6 Å². The second-order valence-electron chi connectivity index (χ2n) is 4.23. The van der Waals surface area contributed by atoms with E-state index in [0.717, 1.165) is 12.0 Å². The molecule has 0 N–H and O–H groups in total. The first kappa shape index (κ1) is 14.8. The molecule has 1 aromatic rings. The van der Waals surface area contributed by atoms with Gasteiger partial charge in [0.25, 0.3) is 0 Å². The van der Waals surface area contributed by atoms with Gasteiger partial charge in [0.15, 0.2) is 0 Å². The van der Waals surface area contributed by atoms with Crippen LogP contribution in [0.5, 0.6) is 5.75 Å². The van der Waals surface area contributed by atoms with E-state index in [1.54, 1.807) is 12.1 Å². The molecule has 0 saturated carbocycles. The molecule has 0 spiro atoms. The summed E-state index contributed by atoms with van der Waals surface area (Å²) in [6.45, 7) is 4.00. The van der Waals surface area contributed by atoms with Gasteiger partial charge < -0.3 is 4.18 Å². The predicted octanol–water partition coefficient (Wildman–Crippen LogP) is 3.11. The molecule has 0 radical (unpaired) electrons. The Morgan fingerprint density at radius 2 is 1.67 bits per heavy atom. The van der Waals surface area contributed by atoms with Crippen molar-refractivity contribution < 1.29 is 25.8 Å². The zero-order valence-corrected chi connectivity index (χ0v) is 10.7. The monoisotopic (exact) mass is 282 g/mol. The molecule has 0 heterocycles. The smallest absolute Gasteiger partial charge is 0.376 e. The quantitative estimate of drug-likeness (QED) is 0.629. The lowest BCUT2D eigenvalue weighted by atomic mass is 10.0. The number of benzene rings is 1. The van der Waals surface area contributed by atoms with Crippen LogP contribution in [-0.2, 0) is 16.5 Å². The lowest BCUT2D eigenvalue weighted by Gasteiger charge is -2.10. The molecule has 0 aliphatic rings. The van der Waals surface area contributed by atoms with Gasteiger partial charge in [0.2, 0.25) is 0 Å². The average Bonchev–Trinajstić information content (AvgIpc) is 2.18. The van der Waals surface area contributed by atoms with E-state index in [4.69, 9.17) is 0 Å². The number of hydrogen-bond acceptors (Lipinski definition) is 3. The number of rotatable bonds is 4. The Morgan fingerprint density at radius 1 is 1.17 bits per heavy atom. The minimum atomic E-state index is -5.59. The Morgan fingerprint density at radius 3 is 2.06 bits per heavy atom. The van der Waals surface area contributed by atoms with Gasteiger partial charge >= 0.3 is 15.6 Å². The van der Waals surface area contributed by atoms with Gasteiger partial charge in [-0.15, -0.1) is 0 Å². The summed E-state index contributed by atoms with van der Waals surface area (Å²) >= 11 is 0. The van der Waals surface area contributed by atoms with Gasteiger partial charge in [-0.25, -0.2) is 0 Å². The van der Waals surface area contributed by atoms with Crippen LogP contribution in [0.25, 0.3) is 0 Å². The maximum Gasteiger partial charge on any atom is 0.534 e. The van der Waals surface area contributed by atoms with Crippen molar-refractivity contribution in [3.8, 4) is 5.75 Å². The van der Waals surface area contributed by atoms with Crippen LogP contribution in [0.4, 0.5) is 13.2 Å². The van der Waals surface area contributed by atoms with E-state index in [1.165, 1.54) is 12.1 Å². The topological polar surface area (TPSA) is 43.4 Å². The van der Waals surface area contributed by atoms with Crippen LogP contribution in [0.15, 0.2) is 24.3 Å². The summed E-state index contributed by atoms with van der Waals surface area (Å²) in [6.07, 6.45) is 0.756. The van der Waals surface area contributed by atoms with Gasteiger partial charge in [0.05, 0.1) is 0 Å². The Balaban J connectivity index is 2.82. The molecule has 0 bridgehead atoms. The normalized spacial score (nSPS) is 12.8. The third-order valence-electron chi connectivity index (χ3n) is 2.06. The van der Waals surface area contributed by atoms with Crippen LogP contribution in [0.3, 0.4) is 0 Å². The van der Waals surface area contributed by atoms with E-state index in [2.05, 4.69) is 4.18 Å². The van der Waals surface area contributed by atoms with Crippen molar-refractivity contribution in [1.82, 2.24) is 0 Å². The molecule has 0 saturated heterocycles. The summed E-state index contributed by atoms with van der Waals surface area (Å²) in [5, 5.41) is 0. The van der Waals surface area contributed by atoms with Crippen LogP contribution in [-0.4, -0.2) is 13.9 Å². The lowest BCUT2D eigenvalue weighted by Crippen LogP contribution is -2.28. The van der Waals surface area contributed by atoms with Crippen LogP contribution in [0, 0.1) is 5.92 Å². The Bertz CT molecular complexity index is 489. The van der Waals surface area contributed by atoms with Crippen LogP contribution in [0.1, 0.15) is 19.4 Å². The fourth-order valence-corrected chi connectivity index (χ4v) is 1.79. The highest BCUT2D eigenvalue weighted by molar-refractivity contribution is 7.87. The average molecular weight is 282 g/mol. The largest absolute Gasteiger partial charge is 0.534 e. The fourth-order valence-electron chi connectivity index (χ4n) is 1.33. The minimum absolute atomic E-state index is 0.347. The predicted molar refractivity (Wildman–Crippen MR) is 60.6 cm³/mol. The van der Waals surface area contributed by atoms with Crippen molar-refractivity contribution in [2.75, 3.05) is 0 Å². The highest BCUT2D eigenvalue weighted by Gasteiger charge is 2.48. The molecule has 7 heteroatoms. The summed E-state index contributed by atoms with van der Waals surface area (Å²) < 4.78 is 61.6. The fraction of sp³-hybridized carbons (Fsp3) is 0.455. The molecule has 1 rings (SSSR count). The third kappa shape index (κ3) is 3.90. The zero-order valence-electron chi connectivity index (χ0n) is 9.86. The molecule has 0 unspecified atom stereocenters. The Hall–Kier alpha value is -1.24. The van der Waals surface area contributed by atoms with E-state index < -0.39 is 15.6 Å². The summed E-state index contributed by atoms with van der Waals surface area (Å²) in [7, 11) is -5.59. The van der Waals surface area contributed by atoms with Gasteiger partial charge in [-0.1, -0.05) is 26.0 Å². The maximum absolute atomic E-state index is 12.1. The number of hydrogen-bond donors (Lipinski definition) is 0. The van der Waals surface area contributed by atoms with E-state index in [1.807, 2.05) is 13.8 Å². The van der Waals surface area contributed by atoms with Gasteiger partial charge in [-0.05, 0) is 30.0 Å². The molecule has 0 aliphatic heterocycles.